The Morgan fingerprint density at radius 1 is 1.43 bits per heavy atom. The Morgan fingerprint density at radius 3 is 2.65 bits per heavy atom. The number of rotatable bonds is 4. The van der Waals surface area contributed by atoms with Crippen LogP contribution in [0.15, 0.2) is 29.2 Å². The van der Waals surface area contributed by atoms with Crippen LogP contribution in [0, 0.1) is 25.2 Å². The predicted octanol–water partition coefficient (Wildman–Crippen LogP) is 4.52. The van der Waals surface area contributed by atoms with Crippen molar-refractivity contribution >= 4 is 23.2 Å². The second-order valence-electron chi connectivity index (χ2n) is 5.00. The van der Waals surface area contributed by atoms with E-state index in [-0.39, 0.29) is 16.8 Å². The highest BCUT2D eigenvalue weighted by Gasteiger charge is 2.30. The van der Waals surface area contributed by atoms with Crippen LogP contribution in [-0.4, -0.2) is 16.5 Å². The third kappa shape index (κ3) is 3.90. The number of ketones is 1. The number of nitriles is 1. The third-order valence-corrected chi connectivity index (χ3v) is 4.17. The van der Waals surface area contributed by atoms with E-state index in [1.165, 1.54) is 37.3 Å². The number of thiophene rings is 1. The number of carbonyl (C=O) groups is 1. The lowest BCUT2D eigenvalue weighted by atomic mass is 10.0. The number of hydrogen-bond acceptors (Lipinski definition) is 3. The maximum absolute atomic E-state index is 12.6. The molecule has 2 heterocycles. The average molecular weight is 338 g/mol. The largest absolute Gasteiger partial charge is 0.406 e. The maximum Gasteiger partial charge on any atom is 0.406 e. The quantitative estimate of drug-likeness (QED) is 0.467. The molecule has 0 saturated carbocycles. The first-order valence-corrected chi connectivity index (χ1v) is 7.54. The summed E-state index contributed by atoms with van der Waals surface area (Å²) in [4.78, 5) is 13.2. The van der Waals surface area contributed by atoms with E-state index in [0.717, 1.165) is 9.44 Å². The minimum absolute atomic E-state index is 0.0975. The summed E-state index contributed by atoms with van der Waals surface area (Å²) in [6.45, 7) is 1.80. The molecule has 0 radical (unpaired) electrons. The van der Waals surface area contributed by atoms with E-state index in [2.05, 4.69) is 0 Å². The Morgan fingerprint density at radius 2 is 2.13 bits per heavy atom. The molecular formula is C16H13F3N2OS. The third-order valence-electron chi connectivity index (χ3n) is 3.35. The Bertz CT molecular complexity index is 793. The molecule has 7 heteroatoms. The van der Waals surface area contributed by atoms with Crippen LogP contribution in [0.3, 0.4) is 0 Å². The van der Waals surface area contributed by atoms with E-state index in [0.29, 0.717) is 5.69 Å². The van der Waals surface area contributed by atoms with Crippen molar-refractivity contribution in [2.45, 2.75) is 26.6 Å². The number of hydrogen-bond donors (Lipinski definition) is 0. The van der Waals surface area contributed by atoms with Gasteiger partial charge in [-0.05, 0) is 37.4 Å². The molecule has 0 aliphatic carbocycles. The lowest BCUT2D eigenvalue weighted by Gasteiger charge is -2.12. The molecule has 2 rings (SSSR count). The van der Waals surface area contributed by atoms with E-state index < -0.39 is 18.5 Å². The number of aryl methyl sites for hydroxylation is 1. The number of allylic oxidation sites excluding steroid dienone is 1. The van der Waals surface area contributed by atoms with Crippen LogP contribution < -0.4 is 0 Å². The van der Waals surface area contributed by atoms with Gasteiger partial charge in [0.25, 0.3) is 0 Å². The zero-order valence-electron chi connectivity index (χ0n) is 12.4. The summed E-state index contributed by atoms with van der Waals surface area (Å²) in [5.41, 5.74) is 0.560. The van der Waals surface area contributed by atoms with Gasteiger partial charge in [0.2, 0.25) is 5.78 Å². The van der Waals surface area contributed by atoms with Gasteiger partial charge in [-0.1, -0.05) is 6.07 Å². The van der Waals surface area contributed by atoms with E-state index in [9.17, 15) is 23.2 Å². The van der Waals surface area contributed by atoms with Crippen molar-refractivity contribution in [3.8, 4) is 6.07 Å². The van der Waals surface area contributed by atoms with Crippen molar-refractivity contribution in [1.82, 2.24) is 4.57 Å². The van der Waals surface area contributed by atoms with E-state index in [4.69, 9.17) is 0 Å². The zero-order valence-corrected chi connectivity index (χ0v) is 13.3. The summed E-state index contributed by atoms with van der Waals surface area (Å²) in [6, 6.07) is 6.76. The molecule has 2 aromatic rings. The van der Waals surface area contributed by atoms with Crippen LogP contribution in [0.5, 0.6) is 0 Å². The highest BCUT2D eigenvalue weighted by atomic mass is 32.1. The number of alkyl halides is 3. The molecule has 0 aliphatic heterocycles. The normalized spacial score (nSPS) is 12.3. The highest BCUT2D eigenvalue weighted by Crippen LogP contribution is 2.25. The number of carbonyl (C=O) groups excluding carboxylic acids is 1. The first kappa shape index (κ1) is 17.0. The first-order valence-electron chi connectivity index (χ1n) is 6.66. The van der Waals surface area contributed by atoms with Gasteiger partial charge in [-0.15, -0.1) is 11.3 Å². The number of aromatic nitrogens is 1. The Labute approximate surface area is 135 Å². The van der Waals surface area contributed by atoms with Gasteiger partial charge in [0.15, 0.2) is 0 Å². The van der Waals surface area contributed by atoms with Gasteiger partial charge in [0.1, 0.15) is 18.2 Å². The fourth-order valence-corrected chi connectivity index (χ4v) is 2.92. The predicted molar refractivity (Wildman–Crippen MR) is 82.2 cm³/mol. The summed E-state index contributed by atoms with van der Waals surface area (Å²) >= 11 is 1.37. The standard InChI is InChI=1S/C16H13F3N2OS/c1-10-6-14(11(2)21(10)9-16(17,18)19)15(22)12(8-20)7-13-4-3-5-23-13/h3-7H,9H2,1-2H3/b12-7+. The van der Waals surface area contributed by atoms with Crippen LogP contribution >= 0.6 is 11.3 Å². The molecule has 0 atom stereocenters. The summed E-state index contributed by atoms with van der Waals surface area (Å²) in [5.74, 6) is -0.567. The van der Waals surface area contributed by atoms with Gasteiger partial charge in [-0.25, -0.2) is 0 Å². The van der Waals surface area contributed by atoms with Crippen LogP contribution in [0.25, 0.3) is 6.08 Å². The van der Waals surface area contributed by atoms with Crippen molar-refractivity contribution in [2.75, 3.05) is 0 Å². The molecule has 0 aliphatic rings. The van der Waals surface area contributed by atoms with Crippen molar-refractivity contribution < 1.29 is 18.0 Å². The second-order valence-corrected chi connectivity index (χ2v) is 5.98. The molecule has 0 bridgehead atoms. The Kier molecular flexibility index (Phi) is 4.76. The summed E-state index contributed by atoms with van der Waals surface area (Å²) in [5, 5.41) is 11.0. The van der Waals surface area contributed by atoms with Crippen LogP contribution in [0.2, 0.25) is 0 Å². The lowest BCUT2D eigenvalue weighted by Crippen LogP contribution is -2.19. The SMILES string of the molecule is Cc1cc(C(=O)/C(C#N)=C/c2cccs2)c(C)n1CC(F)(F)F. The molecular weight excluding hydrogens is 325 g/mol. The summed E-state index contributed by atoms with van der Waals surface area (Å²) in [7, 11) is 0. The molecule has 0 unspecified atom stereocenters. The van der Waals surface area contributed by atoms with Gasteiger partial charge < -0.3 is 4.57 Å². The van der Waals surface area contributed by atoms with Crippen molar-refractivity contribution in [1.29, 1.82) is 5.26 Å². The molecule has 23 heavy (non-hydrogen) atoms. The average Bonchev–Trinajstić information content (AvgIpc) is 3.06. The van der Waals surface area contributed by atoms with Gasteiger partial charge in [-0.2, -0.15) is 18.4 Å². The van der Waals surface area contributed by atoms with E-state index in [1.807, 2.05) is 6.07 Å². The van der Waals surface area contributed by atoms with Crippen molar-refractivity contribution in [3.05, 3.63) is 51.0 Å². The molecule has 0 aromatic carbocycles. The fourth-order valence-electron chi connectivity index (χ4n) is 2.26. The Balaban J connectivity index is 2.40. The molecule has 2 aromatic heterocycles. The maximum atomic E-state index is 12.6. The topological polar surface area (TPSA) is 45.8 Å². The Hall–Kier alpha value is -2.33. The molecule has 0 spiro atoms. The smallest absolute Gasteiger partial charge is 0.339 e. The van der Waals surface area contributed by atoms with Crippen LogP contribution in [0.1, 0.15) is 26.6 Å². The van der Waals surface area contributed by atoms with Crippen LogP contribution in [0.4, 0.5) is 13.2 Å². The van der Waals surface area contributed by atoms with E-state index >= 15 is 0 Å². The summed E-state index contributed by atoms with van der Waals surface area (Å²) < 4.78 is 38.9. The molecule has 0 saturated heterocycles. The van der Waals surface area contributed by atoms with Gasteiger partial charge >= 0.3 is 6.18 Å². The number of Topliss-reactive ketones (excluding diaryl/α,β-unsaturated/α-hetero) is 1. The van der Waals surface area contributed by atoms with Gasteiger partial charge in [0, 0.05) is 21.8 Å². The lowest BCUT2D eigenvalue weighted by molar-refractivity contribution is -0.141. The minimum atomic E-state index is -4.38. The number of halogens is 3. The van der Waals surface area contributed by atoms with Gasteiger partial charge in [-0.3, -0.25) is 4.79 Å². The second kappa shape index (κ2) is 6.42. The van der Waals surface area contributed by atoms with Gasteiger partial charge in [0.05, 0.1) is 0 Å². The van der Waals surface area contributed by atoms with Crippen LogP contribution in [-0.2, 0) is 6.54 Å². The highest BCUT2D eigenvalue weighted by molar-refractivity contribution is 7.10. The van der Waals surface area contributed by atoms with E-state index in [1.54, 1.807) is 17.5 Å². The molecule has 0 amide bonds. The summed E-state index contributed by atoms with van der Waals surface area (Å²) in [6.07, 6.45) is -2.93. The minimum Gasteiger partial charge on any atom is -0.339 e. The first-order chi connectivity index (χ1) is 10.7. The van der Waals surface area contributed by atoms with Crippen molar-refractivity contribution in [2.24, 2.45) is 0 Å². The molecule has 0 N–H and O–H groups in total. The fraction of sp³-hybridized carbons (Fsp3) is 0.250. The molecule has 3 nitrogen and oxygen atoms in total. The molecule has 120 valence electrons. The molecule has 0 fully saturated rings. The number of nitrogens with zero attached hydrogens (tertiary/aromatic N) is 2. The zero-order chi connectivity index (χ0) is 17.2. The van der Waals surface area contributed by atoms with Crippen molar-refractivity contribution in [3.63, 3.8) is 0 Å². The monoisotopic (exact) mass is 338 g/mol.